The number of rotatable bonds is 3. The first-order valence-electron chi connectivity index (χ1n) is 9.69. The van der Waals surface area contributed by atoms with E-state index in [9.17, 15) is 0 Å². The molecule has 4 nitrogen and oxygen atoms in total. The quantitative estimate of drug-likeness (QED) is 0.283. The molecule has 29 heavy (non-hydrogen) atoms. The summed E-state index contributed by atoms with van der Waals surface area (Å²) in [7, 11) is 0. The van der Waals surface area contributed by atoms with Gasteiger partial charge in [0.05, 0.1) is 0 Å². The maximum Gasteiger partial charge on any atom is 0.264 e. The lowest BCUT2D eigenvalue weighted by Crippen LogP contribution is -2.34. The second-order valence-electron chi connectivity index (χ2n) is 7.34. The lowest BCUT2D eigenvalue weighted by molar-refractivity contribution is -0.574. The first-order chi connectivity index (χ1) is 14.1. The Morgan fingerprint density at radius 3 is 2.38 bits per heavy atom. The molecule has 0 saturated heterocycles. The number of aryl methyl sites for hydroxylation is 2. The second-order valence-corrected chi connectivity index (χ2v) is 7.34. The molecule has 0 aliphatic carbocycles. The SMILES string of the molecule is C=Nc1oc2c(-[n+]3c(C)n(-c4ccccc4)c4ccccc43)c(C)ccc2c1C. The Labute approximate surface area is 169 Å². The number of imidazole rings is 1. The Morgan fingerprint density at radius 2 is 1.62 bits per heavy atom. The first kappa shape index (κ1) is 17.4. The third kappa shape index (κ3) is 2.46. The number of benzene rings is 3. The van der Waals surface area contributed by atoms with Gasteiger partial charge in [-0.05, 0) is 44.8 Å². The number of nitrogens with zero attached hydrogens (tertiary/aromatic N) is 3. The molecule has 142 valence electrons. The van der Waals surface area contributed by atoms with Crippen LogP contribution in [0.1, 0.15) is 17.0 Å². The van der Waals surface area contributed by atoms with E-state index in [1.807, 2.05) is 13.0 Å². The van der Waals surface area contributed by atoms with E-state index < -0.39 is 0 Å². The van der Waals surface area contributed by atoms with Crippen molar-refractivity contribution >= 4 is 34.6 Å². The molecule has 0 N–H and O–H groups in total. The molecule has 0 saturated carbocycles. The largest absolute Gasteiger partial charge is 0.434 e. The van der Waals surface area contributed by atoms with Crippen molar-refractivity contribution in [2.75, 3.05) is 0 Å². The van der Waals surface area contributed by atoms with Crippen molar-refractivity contribution in [1.82, 2.24) is 4.57 Å². The summed E-state index contributed by atoms with van der Waals surface area (Å²) < 4.78 is 10.7. The summed E-state index contributed by atoms with van der Waals surface area (Å²) >= 11 is 0. The van der Waals surface area contributed by atoms with Gasteiger partial charge >= 0.3 is 0 Å². The third-order valence-corrected chi connectivity index (χ3v) is 5.65. The van der Waals surface area contributed by atoms with Crippen molar-refractivity contribution in [3.8, 4) is 11.4 Å². The molecule has 5 rings (SSSR count). The minimum Gasteiger partial charge on any atom is -0.434 e. The van der Waals surface area contributed by atoms with Crippen molar-refractivity contribution in [1.29, 1.82) is 0 Å². The summed E-state index contributed by atoms with van der Waals surface area (Å²) in [5, 5.41) is 1.07. The molecule has 0 aliphatic heterocycles. The van der Waals surface area contributed by atoms with Crippen LogP contribution in [-0.2, 0) is 0 Å². The Hall–Kier alpha value is -3.66. The molecular formula is C25H22N3O+. The maximum absolute atomic E-state index is 6.17. The lowest BCUT2D eigenvalue weighted by Gasteiger charge is -2.06. The van der Waals surface area contributed by atoms with E-state index in [4.69, 9.17) is 4.42 Å². The standard InChI is InChI=1S/C25H22N3O/c1-16-14-15-20-17(2)25(26-4)29-24(20)23(16)28-18(3)27(19-10-6-5-7-11-19)21-12-8-9-13-22(21)28/h5-15H,4H2,1-3H3/q+1. The van der Waals surface area contributed by atoms with E-state index in [2.05, 4.69) is 95.4 Å². The number of aliphatic imine (C=N–C) groups is 1. The summed E-state index contributed by atoms with van der Waals surface area (Å²) in [4.78, 5) is 4.08. The number of hydrogen-bond donors (Lipinski definition) is 0. The van der Waals surface area contributed by atoms with Crippen LogP contribution in [0.25, 0.3) is 33.4 Å². The zero-order valence-electron chi connectivity index (χ0n) is 16.8. The minimum atomic E-state index is 0.580. The van der Waals surface area contributed by atoms with E-state index in [1.54, 1.807) is 0 Å². The molecule has 0 aliphatic rings. The van der Waals surface area contributed by atoms with Crippen molar-refractivity contribution < 1.29 is 8.98 Å². The topological polar surface area (TPSA) is 34.3 Å². The van der Waals surface area contributed by atoms with Gasteiger partial charge in [0.15, 0.2) is 22.3 Å². The molecule has 5 aromatic rings. The fraction of sp³-hybridized carbons (Fsp3) is 0.120. The van der Waals surface area contributed by atoms with Gasteiger partial charge in [-0.2, -0.15) is 9.13 Å². The average molecular weight is 380 g/mol. The van der Waals surface area contributed by atoms with Gasteiger partial charge in [0.25, 0.3) is 5.82 Å². The smallest absolute Gasteiger partial charge is 0.264 e. The predicted molar refractivity (Wildman–Crippen MR) is 118 cm³/mol. The van der Waals surface area contributed by atoms with Crippen LogP contribution in [0.15, 0.2) is 76.1 Å². The van der Waals surface area contributed by atoms with Gasteiger partial charge < -0.3 is 4.42 Å². The van der Waals surface area contributed by atoms with E-state index in [-0.39, 0.29) is 0 Å². The molecule has 0 atom stereocenters. The summed E-state index contributed by atoms with van der Waals surface area (Å²) in [6.07, 6.45) is 0. The summed E-state index contributed by atoms with van der Waals surface area (Å²) in [5.41, 5.74) is 7.46. The highest BCUT2D eigenvalue weighted by Crippen LogP contribution is 2.35. The Kier molecular flexibility index (Phi) is 3.88. The van der Waals surface area contributed by atoms with Crippen molar-refractivity contribution in [3.05, 3.63) is 83.7 Å². The Balaban J connectivity index is 1.94. The number of aromatic nitrogens is 2. The fourth-order valence-corrected chi connectivity index (χ4v) is 4.26. The minimum absolute atomic E-state index is 0.580. The van der Waals surface area contributed by atoms with Crippen LogP contribution in [0.2, 0.25) is 0 Å². The first-order valence-corrected chi connectivity index (χ1v) is 9.69. The van der Waals surface area contributed by atoms with Gasteiger partial charge in [-0.25, -0.2) is 4.99 Å². The molecule has 0 unspecified atom stereocenters. The third-order valence-electron chi connectivity index (χ3n) is 5.65. The molecule has 3 aromatic carbocycles. The van der Waals surface area contributed by atoms with Crippen LogP contribution in [0.5, 0.6) is 0 Å². The van der Waals surface area contributed by atoms with E-state index in [0.717, 1.165) is 50.3 Å². The van der Waals surface area contributed by atoms with Gasteiger partial charge in [0.1, 0.15) is 5.69 Å². The lowest BCUT2D eigenvalue weighted by atomic mass is 10.1. The Bertz CT molecular complexity index is 1390. The van der Waals surface area contributed by atoms with Crippen LogP contribution >= 0.6 is 0 Å². The summed E-state index contributed by atoms with van der Waals surface area (Å²) in [6.45, 7) is 9.96. The van der Waals surface area contributed by atoms with Crippen molar-refractivity contribution in [2.45, 2.75) is 20.8 Å². The van der Waals surface area contributed by atoms with E-state index in [1.165, 1.54) is 0 Å². The number of para-hydroxylation sites is 3. The molecule has 0 radical (unpaired) electrons. The van der Waals surface area contributed by atoms with Gasteiger partial charge in [0.2, 0.25) is 5.88 Å². The summed E-state index contributed by atoms with van der Waals surface area (Å²) in [5.74, 6) is 1.69. The van der Waals surface area contributed by atoms with Gasteiger partial charge in [0, 0.05) is 23.4 Å². The Morgan fingerprint density at radius 1 is 0.897 bits per heavy atom. The van der Waals surface area contributed by atoms with Crippen molar-refractivity contribution in [2.24, 2.45) is 4.99 Å². The fourth-order valence-electron chi connectivity index (χ4n) is 4.26. The highest BCUT2D eigenvalue weighted by Gasteiger charge is 2.28. The van der Waals surface area contributed by atoms with E-state index >= 15 is 0 Å². The molecule has 4 heteroatoms. The monoisotopic (exact) mass is 380 g/mol. The van der Waals surface area contributed by atoms with E-state index in [0.29, 0.717) is 5.88 Å². The molecule has 0 spiro atoms. The number of furan rings is 1. The number of hydrogen-bond acceptors (Lipinski definition) is 2. The van der Waals surface area contributed by atoms with Crippen LogP contribution in [0.4, 0.5) is 5.88 Å². The van der Waals surface area contributed by atoms with Gasteiger partial charge in [-0.15, -0.1) is 0 Å². The normalized spacial score (nSPS) is 11.4. The second kappa shape index (κ2) is 6.45. The predicted octanol–water partition coefficient (Wildman–Crippen LogP) is 5.91. The average Bonchev–Trinajstić information content (AvgIpc) is 3.22. The molecule has 2 aromatic heterocycles. The van der Waals surface area contributed by atoms with Crippen LogP contribution < -0.4 is 4.57 Å². The molecule has 0 bridgehead atoms. The number of fused-ring (bicyclic) bond motifs is 2. The highest BCUT2D eigenvalue weighted by molar-refractivity contribution is 5.91. The molecule has 0 amide bonds. The zero-order valence-corrected chi connectivity index (χ0v) is 16.8. The molecular weight excluding hydrogens is 358 g/mol. The van der Waals surface area contributed by atoms with Crippen LogP contribution in [-0.4, -0.2) is 11.3 Å². The molecule has 0 fully saturated rings. The zero-order chi connectivity index (χ0) is 20.1. The maximum atomic E-state index is 6.17. The van der Waals surface area contributed by atoms with Crippen molar-refractivity contribution in [3.63, 3.8) is 0 Å². The van der Waals surface area contributed by atoms with Crippen LogP contribution in [0, 0.1) is 20.8 Å². The molecule has 2 heterocycles. The van der Waals surface area contributed by atoms with Gasteiger partial charge in [-0.1, -0.05) is 42.5 Å². The summed E-state index contributed by atoms with van der Waals surface area (Å²) in [6, 6.07) is 23.2. The van der Waals surface area contributed by atoms with Gasteiger partial charge in [-0.3, -0.25) is 0 Å². The van der Waals surface area contributed by atoms with Crippen LogP contribution in [0.3, 0.4) is 0 Å². The highest BCUT2D eigenvalue weighted by atomic mass is 16.3.